The van der Waals surface area contributed by atoms with Crippen LogP contribution in [-0.2, 0) is 16.6 Å². The number of nitrogens with zero attached hydrogens (tertiary/aromatic N) is 1. The summed E-state index contributed by atoms with van der Waals surface area (Å²) in [4.78, 5) is 0.139. The number of hydrogen-bond donors (Lipinski definition) is 0. The Balaban J connectivity index is 2.22. The van der Waals surface area contributed by atoms with Crippen LogP contribution in [-0.4, -0.2) is 8.42 Å². The third-order valence-corrected chi connectivity index (χ3v) is 6.50. The highest BCUT2D eigenvalue weighted by Gasteiger charge is 2.28. The number of halogens is 2. The number of aryl methyl sites for hydroxylation is 2. The average molecular weight is 404 g/mol. The molecule has 0 aliphatic rings. The Labute approximate surface area is 164 Å². The van der Waals surface area contributed by atoms with Crippen LogP contribution in [0.4, 0.5) is 10.1 Å². The fourth-order valence-electron chi connectivity index (χ4n) is 3.03. The molecule has 0 bridgehead atoms. The second-order valence-electron chi connectivity index (χ2n) is 6.27. The van der Waals surface area contributed by atoms with Gasteiger partial charge in [0.1, 0.15) is 5.82 Å². The molecule has 3 aromatic rings. The summed E-state index contributed by atoms with van der Waals surface area (Å²) in [6.45, 7) is 3.46. The molecule has 0 atom stereocenters. The lowest BCUT2D eigenvalue weighted by Crippen LogP contribution is -2.32. The molecule has 0 aliphatic carbocycles. The highest BCUT2D eigenvalue weighted by molar-refractivity contribution is 7.92. The highest BCUT2D eigenvalue weighted by atomic mass is 35.5. The van der Waals surface area contributed by atoms with Crippen LogP contribution < -0.4 is 4.31 Å². The third kappa shape index (κ3) is 3.84. The molecule has 0 saturated heterocycles. The van der Waals surface area contributed by atoms with Crippen LogP contribution in [0.1, 0.15) is 16.7 Å². The van der Waals surface area contributed by atoms with E-state index in [0.717, 1.165) is 11.1 Å². The van der Waals surface area contributed by atoms with E-state index in [2.05, 4.69) is 0 Å². The van der Waals surface area contributed by atoms with Gasteiger partial charge in [0, 0.05) is 10.6 Å². The molecule has 0 radical (unpaired) electrons. The summed E-state index contributed by atoms with van der Waals surface area (Å²) in [5.74, 6) is -0.540. The van der Waals surface area contributed by atoms with Gasteiger partial charge in [0.05, 0.1) is 17.1 Å². The Kier molecular flexibility index (Phi) is 5.53. The fourth-order valence-corrected chi connectivity index (χ4v) is 4.84. The number of rotatable bonds is 5. The zero-order chi connectivity index (χ0) is 19.6. The van der Waals surface area contributed by atoms with Crippen LogP contribution in [0.3, 0.4) is 0 Å². The summed E-state index contributed by atoms with van der Waals surface area (Å²) in [6, 6.07) is 18.0. The lowest BCUT2D eigenvalue weighted by atomic mass is 10.1. The molecule has 3 nitrogen and oxygen atoms in total. The number of hydrogen-bond acceptors (Lipinski definition) is 2. The van der Waals surface area contributed by atoms with Gasteiger partial charge in [0.15, 0.2) is 0 Å². The molecule has 0 saturated carbocycles. The van der Waals surface area contributed by atoms with Crippen molar-refractivity contribution in [2.45, 2.75) is 25.3 Å². The molecule has 3 aromatic carbocycles. The SMILES string of the molecule is Cc1cccc(C)c1N(Cc1c(F)cccc1Cl)S(=O)(=O)c1ccccc1. The zero-order valence-corrected chi connectivity index (χ0v) is 16.6. The predicted molar refractivity (Wildman–Crippen MR) is 107 cm³/mol. The minimum Gasteiger partial charge on any atom is -0.261 e. The average Bonchev–Trinajstić information content (AvgIpc) is 2.63. The van der Waals surface area contributed by atoms with Gasteiger partial charge >= 0.3 is 0 Å². The van der Waals surface area contributed by atoms with Crippen LogP contribution >= 0.6 is 11.6 Å². The van der Waals surface area contributed by atoms with E-state index in [4.69, 9.17) is 11.6 Å². The molecule has 0 spiro atoms. The molecular weight excluding hydrogens is 385 g/mol. The largest absolute Gasteiger partial charge is 0.264 e. The molecule has 6 heteroatoms. The minimum absolute atomic E-state index is 0.139. The first-order valence-electron chi connectivity index (χ1n) is 8.39. The lowest BCUT2D eigenvalue weighted by molar-refractivity contribution is 0.585. The van der Waals surface area contributed by atoms with Gasteiger partial charge in [-0.25, -0.2) is 12.8 Å². The van der Waals surface area contributed by atoms with Crippen molar-refractivity contribution in [1.82, 2.24) is 0 Å². The summed E-state index contributed by atoms with van der Waals surface area (Å²) >= 11 is 6.18. The molecule has 0 N–H and O–H groups in total. The summed E-state index contributed by atoms with van der Waals surface area (Å²) in [5, 5.41) is 0.189. The van der Waals surface area contributed by atoms with Crippen molar-refractivity contribution in [2.75, 3.05) is 4.31 Å². The molecule has 0 amide bonds. The quantitative estimate of drug-likeness (QED) is 0.564. The topological polar surface area (TPSA) is 37.4 Å². The molecule has 0 fully saturated rings. The van der Waals surface area contributed by atoms with Crippen molar-refractivity contribution < 1.29 is 12.8 Å². The van der Waals surface area contributed by atoms with Gasteiger partial charge < -0.3 is 0 Å². The Morgan fingerprint density at radius 2 is 1.48 bits per heavy atom. The number of benzene rings is 3. The van der Waals surface area contributed by atoms with Gasteiger partial charge in [-0.15, -0.1) is 0 Å². The van der Waals surface area contributed by atoms with Gasteiger partial charge in [-0.3, -0.25) is 4.31 Å². The monoisotopic (exact) mass is 403 g/mol. The maximum absolute atomic E-state index is 14.4. The van der Waals surface area contributed by atoms with Crippen molar-refractivity contribution in [2.24, 2.45) is 0 Å². The lowest BCUT2D eigenvalue weighted by Gasteiger charge is -2.28. The summed E-state index contributed by atoms with van der Waals surface area (Å²) in [7, 11) is -3.92. The molecule has 0 unspecified atom stereocenters. The van der Waals surface area contributed by atoms with Gasteiger partial charge in [-0.05, 0) is 49.2 Å². The van der Waals surface area contributed by atoms with Crippen molar-refractivity contribution in [3.05, 3.63) is 94.3 Å². The standard InChI is InChI=1S/C21H19ClFNO2S/c1-15-8-6-9-16(2)21(15)24(14-18-19(22)12-7-13-20(18)23)27(25,26)17-10-4-3-5-11-17/h3-13H,14H2,1-2H3. The van der Waals surface area contributed by atoms with Crippen LogP contribution in [0.25, 0.3) is 0 Å². The van der Waals surface area contributed by atoms with Crippen LogP contribution in [0.5, 0.6) is 0 Å². The minimum atomic E-state index is -3.92. The first-order chi connectivity index (χ1) is 12.8. The molecule has 27 heavy (non-hydrogen) atoms. The maximum atomic E-state index is 14.4. The molecule has 140 valence electrons. The smallest absolute Gasteiger partial charge is 0.261 e. The van der Waals surface area contributed by atoms with Crippen LogP contribution in [0.15, 0.2) is 71.6 Å². The fraction of sp³-hybridized carbons (Fsp3) is 0.143. The van der Waals surface area contributed by atoms with Crippen molar-refractivity contribution in [3.8, 4) is 0 Å². The van der Waals surface area contributed by atoms with E-state index in [-0.39, 0.29) is 22.0 Å². The van der Waals surface area contributed by atoms with E-state index >= 15 is 0 Å². The molecular formula is C21H19ClFNO2S. The van der Waals surface area contributed by atoms with Crippen molar-refractivity contribution in [3.63, 3.8) is 0 Å². The Morgan fingerprint density at radius 1 is 0.889 bits per heavy atom. The van der Waals surface area contributed by atoms with Gasteiger partial charge in [-0.2, -0.15) is 0 Å². The second-order valence-corrected chi connectivity index (χ2v) is 8.53. The van der Waals surface area contributed by atoms with Crippen LogP contribution in [0.2, 0.25) is 5.02 Å². The van der Waals surface area contributed by atoms with Gasteiger partial charge in [0.2, 0.25) is 0 Å². The van der Waals surface area contributed by atoms with E-state index in [1.165, 1.54) is 28.6 Å². The Morgan fingerprint density at radius 3 is 2.07 bits per heavy atom. The Hall–Kier alpha value is -2.37. The summed E-state index contributed by atoms with van der Waals surface area (Å²) < 4.78 is 42.5. The van der Waals surface area contributed by atoms with E-state index in [1.807, 2.05) is 32.0 Å². The molecule has 0 heterocycles. The van der Waals surface area contributed by atoms with E-state index in [1.54, 1.807) is 24.3 Å². The Bertz CT molecular complexity index is 1030. The van der Waals surface area contributed by atoms with E-state index in [0.29, 0.717) is 5.69 Å². The van der Waals surface area contributed by atoms with Gasteiger partial charge in [0.25, 0.3) is 10.0 Å². The normalized spacial score (nSPS) is 11.4. The maximum Gasteiger partial charge on any atom is 0.264 e. The predicted octanol–water partition coefficient (Wildman–Crippen LogP) is 5.49. The number of sulfonamides is 1. The first-order valence-corrected chi connectivity index (χ1v) is 10.2. The summed E-state index contributed by atoms with van der Waals surface area (Å²) in [5.41, 5.74) is 2.23. The van der Waals surface area contributed by atoms with E-state index in [9.17, 15) is 12.8 Å². The molecule has 3 rings (SSSR count). The third-order valence-electron chi connectivity index (χ3n) is 4.38. The van der Waals surface area contributed by atoms with Crippen molar-refractivity contribution >= 4 is 27.3 Å². The van der Waals surface area contributed by atoms with Gasteiger partial charge in [-0.1, -0.05) is 54.1 Å². The summed E-state index contributed by atoms with van der Waals surface area (Å²) in [6.07, 6.45) is 0. The highest BCUT2D eigenvalue weighted by Crippen LogP contribution is 2.33. The second kappa shape index (κ2) is 7.71. The number of anilines is 1. The zero-order valence-electron chi connectivity index (χ0n) is 15.0. The number of para-hydroxylation sites is 1. The van der Waals surface area contributed by atoms with Crippen LogP contribution in [0, 0.1) is 19.7 Å². The first kappa shape index (κ1) is 19.4. The molecule has 0 aromatic heterocycles. The molecule has 0 aliphatic heterocycles. The van der Waals surface area contributed by atoms with Crippen molar-refractivity contribution in [1.29, 1.82) is 0 Å². The van der Waals surface area contributed by atoms with E-state index < -0.39 is 15.8 Å².